The third-order valence-electron chi connectivity index (χ3n) is 5.46. The van der Waals surface area contributed by atoms with Gasteiger partial charge in [-0.2, -0.15) is 0 Å². The fraction of sp³-hybridized carbons (Fsp3) is 0.154. The van der Waals surface area contributed by atoms with Crippen LogP contribution in [0.1, 0.15) is 33.9 Å². The number of rotatable bonds is 3. The molecule has 3 aromatic carbocycles. The summed E-state index contributed by atoms with van der Waals surface area (Å²) in [7, 11) is 0. The standard InChI is InChI=1S/C26H23NO4/c1-15-4-6-19(7-5-15)24(29)22-23(18-8-10-21(28)11-9-18)27(26(31)25(22)30)20-13-16(2)12-17(3)14-20/h4-14,23,28-29H,1-3H3/b24-22+. The highest BCUT2D eigenvalue weighted by Gasteiger charge is 2.47. The number of aliphatic hydroxyl groups excluding tert-OH is 1. The fourth-order valence-electron chi connectivity index (χ4n) is 4.03. The molecular weight excluding hydrogens is 390 g/mol. The molecule has 1 aliphatic rings. The number of amides is 1. The largest absolute Gasteiger partial charge is 0.508 e. The zero-order valence-electron chi connectivity index (χ0n) is 17.6. The summed E-state index contributed by atoms with van der Waals surface area (Å²) in [5, 5.41) is 20.8. The van der Waals surface area contributed by atoms with Crippen molar-refractivity contribution < 1.29 is 19.8 Å². The first-order valence-electron chi connectivity index (χ1n) is 10.0. The zero-order chi connectivity index (χ0) is 22.3. The van der Waals surface area contributed by atoms with Crippen LogP contribution in [0.3, 0.4) is 0 Å². The molecule has 31 heavy (non-hydrogen) atoms. The van der Waals surface area contributed by atoms with Crippen molar-refractivity contribution in [3.8, 4) is 5.75 Å². The van der Waals surface area contributed by atoms with Gasteiger partial charge in [-0.15, -0.1) is 0 Å². The van der Waals surface area contributed by atoms with Crippen LogP contribution < -0.4 is 4.90 Å². The minimum atomic E-state index is -0.817. The maximum Gasteiger partial charge on any atom is 0.300 e. The quantitative estimate of drug-likeness (QED) is 0.362. The summed E-state index contributed by atoms with van der Waals surface area (Å²) in [5.74, 6) is -1.58. The maximum atomic E-state index is 13.2. The van der Waals surface area contributed by atoms with Gasteiger partial charge in [-0.3, -0.25) is 14.5 Å². The van der Waals surface area contributed by atoms with Crippen LogP contribution in [0.2, 0.25) is 0 Å². The van der Waals surface area contributed by atoms with E-state index in [2.05, 4.69) is 0 Å². The molecule has 1 aliphatic heterocycles. The molecule has 1 fully saturated rings. The van der Waals surface area contributed by atoms with E-state index in [0.717, 1.165) is 16.7 Å². The molecule has 1 atom stereocenters. The van der Waals surface area contributed by atoms with E-state index in [-0.39, 0.29) is 17.1 Å². The van der Waals surface area contributed by atoms with Gasteiger partial charge >= 0.3 is 0 Å². The van der Waals surface area contributed by atoms with Crippen molar-refractivity contribution in [2.24, 2.45) is 0 Å². The summed E-state index contributed by atoms with van der Waals surface area (Å²) in [4.78, 5) is 27.7. The van der Waals surface area contributed by atoms with Crippen molar-refractivity contribution in [1.82, 2.24) is 0 Å². The Kier molecular flexibility index (Phi) is 5.11. The van der Waals surface area contributed by atoms with E-state index in [9.17, 15) is 19.8 Å². The lowest BCUT2D eigenvalue weighted by atomic mass is 9.94. The number of benzene rings is 3. The van der Waals surface area contributed by atoms with Gasteiger partial charge in [0.2, 0.25) is 0 Å². The van der Waals surface area contributed by atoms with E-state index < -0.39 is 17.7 Å². The Morgan fingerprint density at radius 1 is 0.806 bits per heavy atom. The number of phenolic OH excluding ortho intramolecular Hbond substituents is 1. The molecule has 0 saturated carbocycles. The number of aliphatic hydroxyl groups is 1. The summed E-state index contributed by atoms with van der Waals surface area (Å²) < 4.78 is 0. The number of anilines is 1. The molecule has 2 N–H and O–H groups in total. The third kappa shape index (κ3) is 3.70. The van der Waals surface area contributed by atoms with E-state index in [0.29, 0.717) is 16.8 Å². The Morgan fingerprint density at radius 3 is 1.97 bits per heavy atom. The van der Waals surface area contributed by atoms with Gasteiger partial charge in [0.1, 0.15) is 11.5 Å². The second kappa shape index (κ2) is 7.76. The van der Waals surface area contributed by atoms with Crippen molar-refractivity contribution in [2.75, 3.05) is 4.90 Å². The predicted molar refractivity (Wildman–Crippen MR) is 120 cm³/mol. The van der Waals surface area contributed by atoms with Gasteiger partial charge in [0, 0.05) is 11.3 Å². The first kappa shape index (κ1) is 20.4. The molecule has 1 unspecified atom stereocenters. The Morgan fingerprint density at radius 2 is 1.39 bits per heavy atom. The van der Waals surface area contributed by atoms with Crippen LogP contribution in [0.4, 0.5) is 5.69 Å². The van der Waals surface area contributed by atoms with Crippen molar-refractivity contribution in [3.63, 3.8) is 0 Å². The first-order chi connectivity index (χ1) is 14.8. The third-order valence-corrected chi connectivity index (χ3v) is 5.46. The SMILES string of the molecule is Cc1ccc(/C(O)=C2\C(=O)C(=O)N(c3cc(C)cc(C)c3)C2c2ccc(O)cc2)cc1. The number of ketones is 1. The molecule has 0 radical (unpaired) electrons. The minimum Gasteiger partial charge on any atom is -0.508 e. The lowest BCUT2D eigenvalue weighted by Crippen LogP contribution is -2.29. The van der Waals surface area contributed by atoms with Gasteiger partial charge in [0.05, 0.1) is 11.6 Å². The molecule has 0 aromatic heterocycles. The second-order valence-corrected chi connectivity index (χ2v) is 7.97. The van der Waals surface area contributed by atoms with Crippen molar-refractivity contribution in [1.29, 1.82) is 0 Å². The molecule has 3 aromatic rings. The zero-order valence-corrected chi connectivity index (χ0v) is 17.6. The molecule has 0 bridgehead atoms. The van der Waals surface area contributed by atoms with Crippen LogP contribution in [-0.4, -0.2) is 21.9 Å². The summed E-state index contributed by atoms with van der Waals surface area (Å²) in [6, 6.07) is 18.3. The monoisotopic (exact) mass is 413 g/mol. The molecule has 1 saturated heterocycles. The van der Waals surface area contributed by atoms with Crippen molar-refractivity contribution in [3.05, 3.63) is 100 Å². The molecule has 0 aliphatic carbocycles. The molecule has 0 spiro atoms. The molecule has 5 heteroatoms. The van der Waals surface area contributed by atoms with E-state index >= 15 is 0 Å². The van der Waals surface area contributed by atoms with Crippen LogP contribution in [0, 0.1) is 20.8 Å². The molecule has 4 rings (SSSR count). The number of phenols is 1. The van der Waals surface area contributed by atoms with Gasteiger partial charge < -0.3 is 10.2 Å². The van der Waals surface area contributed by atoms with Gasteiger partial charge in [-0.1, -0.05) is 48.0 Å². The lowest BCUT2D eigenvalue weighted by molar-refractivity contribution is -0.132. The van der Waals surface area contributed by atoms with E-state index in [1.165, 1.54) is 17.0 Å². The number of hydrogen-bond donors (Lipinski definition) is 2. The minimum absolute atomic E-state index is 0.0266. The summed E-state index contributed by atoms with van der Waals surface area (Å²) in [6.07, 6.45) is 0. The fourth-order valence-corrected chi connectivity index (χ4v) is 4.03. The maximum absolute atomic E-state index is 13.2. The first-order valence-corrected chi connectivity index (χ1v) is 10.0. The number of nitrogens with zero attached hydrogens (tertiary/aromatic N) is 1. The number of Topliss-reactive ketones (excluding diaryl/α,β-unsaturated/α-hetero) is 1. The molecule has 5 nitrogen and oxygen atoms in total. The van der Waals surface area contributed by atoms with Gasteiger partial charge in [-0.25, -0.2) is 0 Å². The molecular formula is C26H23NO4. The normalized spacial score (nSPS) is 17.9. The summed E-state index contributed by atoms with van der Waals surface area (Å²) in [6.45, 7) is 5.78. The van der Waals surface area contributed by atoms with Crippen LogP contribution in [0.25, 0.3) is 5.76 Å². The van der Waals surface area contributed by atoms with Crippen LogP contribution in [-0.2, 0) is 9.59 Å². The number of hydrogen-bond acceptors (Lipinski definition) is 4. The number of aryl methyl sites for hydroxylation is 3. The Hall–Kier alpha value is -3.86. The second-order valence-electron chi connectivity index (χ2n) is 7.97. The van der Waals surface area contributed by atoms with E-state index in [4.69, 9.17) is 0 Å². The molecule has 1 heterocycles. The van der Waals surface area contributed by atoms with Crippen molar-refractivity contribution >= 4 is 23.1 Å². The van der Waals surface area contributed by atoms with E-state index in [1.807, 2.05) is 51.1 Å². The smallest absolute Gasteiger partial charge is 0.300 e. The topological polar surface area (TPSA) is 77.8 Å². The number of carbonyl (C=O) groups excluding carboxylic acids is 2. The van der Waals surface area contributed by atoms with Gasteiger partial charge in [0.15, 0.2) is 0 Å². The Labute approximate surface area is 180 Å². The van der Waals surface area contributed by atoms with Crippen LogP contribution in [0.5, 0.6) is 5.75 Å². The highest BCUT2D eigenvalue weighted by Crippen LogP contribution is 2.42. The van der Waals surface area contributed by atoms with Crippen LogP contribution in [0.15, 0.2) is 72.3 Å². The Bertz CT molecular complexity index is 1190. The average Bonchev–Trinajstić information content (AvgIpc) is 2.99. The predicted octanol–water partition coefficient (Wildman–Crippen LogP) is 4.94. The van der Waals surface area contributed by atoms with Crippen LogP contribution >= 0.6 is 0 Å². The highest BCUT2D eigenvalue weighted by atomic mass is 16.3. The Balaban J connectivity index is 1.96. The number of aromatic hydroxyl groups is 1. The van der Waals surface area contributed by atoms with Gasteiger partial charge in [-0.05, 0) is 61.7 Å². The highest BCUT2D eigenvalue weighted by molar-refractivity contribution is 6.51. The molecule has 156 valence electrons. The van der Waals surface area contributed by atoms with Crippen molar-refractivity contribution in [2.45, 2.75) is 26.8 Å². The van der Waals surface area contributed by atoms with E-state index in [1.54, 1.807) is 24.3 Å². The molecule has 1 amide bonds. The van der Waals surface area contributed by atoms with Gasteiger partial charge in [0.25, 0.3) is 11.7 Å². The summed E-state index contributed by atoms with van der Waals surface area (Å²) >= 11 is 0. The lowest BCUT2D eigenvalue weighted by Gasteiger charge is -2.26. The average molecular weight is 413 g/mol. The number of carbonyl (C=O) groups is 2. The summed E-state index contributed by atoms with van der Waals surface area (Å²) in [5.41, 5.74) is 4.62.